The second-order valence-corrected chi connectivity index (χ2v) is 8.30. The second kappa shape index (κ2) is 10.4. The van der Waals surface area contributed by atoms with E-state index in [4.69, 9.17) is 23.7 Å². The summed E-state index contributed by atoms with van der Waals surface area (Å²) in [5, 5.41) is 90.6. The first-order valence-corrected chi connectivity index (χ1v) is 10.3. The molecule has 3 fully saturated rings. The molecule has 0 aromatic carbocycles. The molecule has 3 rings (SSSR count). The molecule has 1 unspecified atom stereocenters. The SMILES string of the molecule is C[C@@H]1O[C@@H](O[C@@H]2[C@@H](O)[C@H](C)OC(O)[C@@H]2O)[C@H](O)[C@H](O[C@@H]2O[C@H](CO)[C@H](O)[C@H](O)[C@H]2O)[C@H]1O. The first kappa shape index (κ1) is 26.1. The predicted octanol–water partition coefficient (Wildman–Crippen LogP) is -5.52. The van der Waals surface area contributed by atoms with Crippen molar-refractivity contribution < 1.29 is 69.6 Å². The fourth-order valence-electron chi connectivity index (χ4n) is 3.93. The fraction of sp³-hybridized carbons (Fsp3) is 1.00. The van der Waals surface area contributed by atoms with Crippen LogP contribution in [0.25, 0.3) is 0 Å². The normalized spacial score (nSPS) is 55.0. The fourth-order valence-corrected chi connectivity index (χ4v) is 3.93. The molecule has 15 atom stereocenters. The summed E-state index contributed by atoms with van der Waals surface area (Å²) in [5.41, 5.74) is 0. The van der Waals surface area contributed by atoms with Gasteiger partial charge in [-0.15, -0.1) is 0 Å². The van der Waals surface area contributed by atoms with Gasteiger partial charge in [-0.25, -0.2) is 0 Å². The molecule has 3 saturated heterocycles. The Bertz CT molecular complexity index is 594. The van der Waals surface area contributed by atoms with E-state index in [9.17, 15) is 46.0 Å². The highest BCUT2D eigenvalue weighted by Gasteiger charge is 2.52. The second-order valence-electron chi connectivity index (χ2n) is 8.30. The van der Waals surface area contributed by atoms with Crippen molar-refractivity contribution in [2.45, 2.75) is 106 Å². The Labute approximate surface area is 183 Å². The molecule has 14 heteroatoms. The number of aliphatic hydroxyl groups excluding tert-OH is 9. The zero-order valence-electron chi connectivity index (χ0n) is 17.4. The lowest BCUT2D eigenvalue weighted by molar-refractivity contribution is -0.375. The van der Waals surface area contributed by atoms with Crippen LogP contribution in [-0.2, 0) is 23.7 Å². The minimum Gasteiger partial charge on any atom is -0.394 e. The minimum atomic E-state index is -1.78. The third-order valence-electron chi connectivity index (χ3n) is 6.01. The quantitative estimate of drug-likeness (QED) is 0.182. The molecule has 0 radical (unpaired) electrons. The van der Waals surface area contributed by atoms with Crippen molar-refractivity contribution in [1.29, 1.82) is 0 Å². The van der Waals surface area contributed by atoms with E-state index >= 15 is 0 Å². The predicted molar refractivity (Wildman–Crippen MR) is 98.4 cm³/mol. The van der Waals surface area contributed by atoms with Gasteiger partial charge in [0.25, 0.3) is 0 Å². The van der Waals surface area contributed by atoms with E-state index < -0.39 is 98.7 Å². The van der Waals surface area contributed by atoms with Crippen molar-refractivity contribution in [3.05, 3.63) is 0 Å². The third-order valence-corrected chi connectivity index (χ3v) is 6.01. The Hall–Kier alpha value is -0.560. The lowest BCUT2D eigenvalue weighted by Crippen LogP contribution is -2.65. The van der Waals surface area contributed by atoms with Crippen LogP contribution >= 0.6 is 0 Å². The van der Waals surface area contributed by atoms with Crippen molar-refractivity contribution >= 4 is 0 Å². The van der Waals surface area contributed by atoms with Crippen LogP contribution in [0.5, 0.6) is 0 Å². The van der Waals surface area contributed by atoms with Crippen molar-refractivity contribution in [1.82, 2.24) is 0 Å². The van der Waals surface area contributed by atoms with Crippen LogP contribution in [0.3, 0.4) is 0 Å². The maximum atomic E-state index is 10.7. The van der Waals surface area contributed by atoms with Gasteiger partial charge < -0.3 is 69.6 Å². The number of rotatable bonds is 5. The van der Waals surface area contributed by atoms with E-state index in [1.165, 1.54) is 13.8 Å². The molecule has 0 spiro atoms. The molecule has 0 aromatic rings. The molecule has 0 bridgehead atoms. The van der Waals surface area contributed by atoms with E-state index in [1.54, 1.807) is 0 Å². The molecular weight excluding hydrogens is 440 g/mol. The number of hydrogen-bond donors (Lipinski definition) is 9. The average molecular weight is 472 g/mol. The zero-order valence-corrected chi connectivity index (χ0v) is 17.4. The molecule has 0 aromatic heterocycles. The maximum Gasteiger partial charge on any atom is 0.187 e. The van der Waals surface area contributed by atoms with Gasteiger partial charge in [-0.1, -0.05) is 0 Å². The molecule has 188 valence electrons. The van der Waals surface area contributed by atoms with Gasteiger partial charge in [0.1, 0.15) is 61.0 Å². The van der Waals surface area contributed by atoms with Gasteiger partial charge in [0.15, 0.2) is 18.9 Å². The summed E-state index contributed by atoms with van der Waals surface area (Å²) in [7, 11) is 0. The average Bonchev–Trinajstić information content (AvgIpc) is 2.76. The minimum absolute atomic E-state index is 0.703. The summed E-state index contributed by atoms with van der Waals surface area (Å²) in [6, 6.07) is 0. The Kier molecular flexibility index (Phi) is 8.44. The van der Waals surface area contributed by atoms with Gasteiger partial charge in [0.2, 0.25) is 0 Å². The van der Waals surface area contributed by atoms with Gasteiger partial charge >= 0.3 is 0 Å². The van der Waals surface area contributed by atoms with Crippen molar-refractivity contribution in [2.75, 3.05) is 6.61 Å². The van der Waals surface area contributed by atoms with E-state index in [-0.39, 0.29) is 0 Å². The summed E-state index contributed by atoms with van der Waals surface area (Å²) in [6.45, 7) is 2.16. The smallest absolute Gasteiger partial charge is 0.187 e. The molecule has 0 aliphatic carbocycles. The highest BCUT2D eigenvalue weighted by molar-refractivity contribution is 4.95. The summed E-state index contributed by atoms with van der Waals surface area (Å²) in [5.74, 6) is 0. The Balaban J connectivity index is 1.74. The van der Waals surface area contributed by atoms with Gasteiger partial charge in [-0.3, -0.25) is 0 Å². The van der Waals surface area contributed by atoms with Gasteiger partial charge in [0.05, 0.1) is 18.8 Å². The largest absolute Gasteiger partial charge is 0.394 e. The third kappa shape index (κ3) is 4.94. The molecule has 3 aliphatic heterocycles. The summed E-state index contributed by atoms with van der Waals surface area (Å²) < 4.78 is 26.7. The molecule has 3 aliphatic rings. The highest BCUT2D eigenvalue weighted by atomic mass is 16.7. The lowest BCUT2D eigenvalue weighted by atomic mass is 9.96. The van der Waals surface area contributed by atoms with Gasteiger partial charge in [0, 0.05) is 0 Å². The summed E-state index contributed by atoms with van der Waals surface area (Å²) in [4.78, 5) is 0. The number of ether oxygens (including phenoxy) is 5. The van der Waals surface area contributed by atoms with Crippen LogP contribution in [0.4, 0.5) is 0 Å². The van der Waals surface area contributed by atoms with Crippen LogP contribution in [0, 0.1) is 0 Å². The molecule has 14 nitrogen and oxygen atoms in total. The zero-order chi connectivity index (χ0) is 23.9. The maximum absolute atomic E-state index is 10.7. The highest BCUT2D eigenvalue weighted by Crippen LogP contribution is 2.32. The van der Waals surface area contributed by atoms with Crippen molar-refractivity contribution in [3.8, 4) is 0 Å². The topological polar surface area (TPSA) is 228 Å². The lowest BCUT2D eigenvalue weighted by Gasteiger charge is -2.47. The van der Waals surface area contributed by atoms with Gasteiger partial charge in [-0.2, -0.15) is 0 Å². The van der Waals surface area contributed by atoms with Crippen molar-refractivity contribution in [2.24, 2.45) is 0 Å². The molecule has 3 heterocycles. The van der Waals surface area contributed by atoms with Crippen LogP contribution in [-0.4, -0.2) is 145 Å². The van der Waals surface area contributed by atoms with Crippen molar-refractivity contribution in [3.63, 3.8) is 0 Å². The van der Waals surface area contributed by atoms with Crippen LogP contribution in [0.1, 0.15) is 13.8 Å². The van der Waals surface area contributed by atoms with E-state index in [0.717, 1.165) is 0 Å². The van der Waals surface area contributed by atoms with Crippen LogP contribution in [0.2, 0.25) is 0 Å². The first-order valence-electron chi connectivity index (χ1n) is 10.3. The Morgan fingerprint density at radius 2 is 1.06 bits per heavy atom. The Morgan fingerprint density at radius 3 is 1.62 bits per heavy atom. The van der Waals surface area contributed by atoms with E-state index in [1.807, 2.05) is 0 Å². The van der Waals surface area contributed by atoms with Crippen LogP contribution < -0.4 is 0 Å². The molecular formula is C18H32O14. The molecule has 0 saturated carbocycles. The number of aliphatic hydroxyl groups is 9. The number of hydrogen-bond acceptors (Lipinski definition) is 14. The van der Waals surface area contributed by atoms with E-state index in [0.29, 0.717) is 0 Å². The monoisotopic (exact) mass is 472 g/mol. The standard InChI is InChI=1S/C18H32O14/c1-4-7(20)14(12(25)16(27)28-4)31-18-13(26)15(8(21)5(2)29-18)32-17-11(24)10(23)9(22)6(3-19)30-17/h4-27H,3H2,1-2H3/t4-,5-,6+,7-,8-,9-,10-,11+,12+,13+,14+,15+,16?,17-,18-/m0/s1. The Morgan fingerprint density at radius 1 is 0.562 bits per heavy atom. The van der Waals surface area contributed by atoms with E-state index in [2.05, 4.69) is 0 Å². The molecule has 0 amide bonds. The van der Waals surface area contributed by atoms with Gasteiger partial charge in [-0.05, 0) is 13.8 Å². The molecule has 9 N–H and O–H groups in total. The molecule has 32 heavy (non-hydrogen) atoms. The van der Waals surface area contributed by atoms with Crippen LogP contribution in [0.15, 0.2) is 0 Å². The summed E-state index contributed by atoms with van der Waals surface area (Å²) >= 11 is 0. The first-order chi connectivity index (χ1) is 15.0. The summed E-state index contributed by atoms with van der Waals surface area (Å²) in [6.07, 6.45) is -22.4.